The fourth-order valence-corrected chi connectivity index (χ4v) is 1.62. The number of nitrogens with one attached hydrogen (secondary N) is 1. The Balaban J connectivity index is 2.38. The van der Waals surface area contributed by atoms with E-state index in [0.29, 0.717) is 0 Å². The van der Waals surface area contributed by atoms with Gasteiger partial charge in [-0.05, 0) is 24.3 Å². The third kappa shape index (κ3) is 1.86. The number of aromatic nitrogens is 2. The van der Waals surface area contributed by atoms with Crippen LogP contribution in [0.1, 0.15) is 0 Å². The first-order valence-electron chi connectivity index (χ1n) is 5.11. The highest BCUT2D eigenvalue weighted by atomic mass is 16.5. The largest absolute Gasteiger partial charge is 0.497 e. The molecule has 4 heteroatoms. The van der Waals surface area contributed by atoms with E-state index in [2.05, 4.69) is 10.4 Å². The third-order valence-electron chi connectivity index (χ3n) is 2.52. The molecule has 0 saturated heterocycles. The van der Waals surface area contributed by atoms with Gasteiger partial charge in [0, 0.05) is 25.7 Å². The maximum absolute atomic E-state index is 5.13. The van der Waals surface area contributed by atoms with E-state index >= 15 is 0 Å². The zero-order chi connectivity index (χ0) is 11.5. The second-order valence-electron chi connectivity index (χ2n) is 3.52. The number of methoxy groups -OCH3 is 1. The molecule has 0 aliphatic heterocycles. The van der Waals surface area contributed by atoms with Crippen LogP contribution < -0.4 is 10.1 Å². The average molecular weight is 217 g/mol. The Morgan fingerprint density at radius 3 is 2.44 bits per heavy atom. The van der Waals surface area contributed by atoms with Crippen molar-refractivity contribution in [3.63, 3.8) is 0 Å². The Kier molecular flexibility index (Phi) is 2.81. The van der Waals surface area contributed by atoms with Crippen molar-refractivity contribution in [2.24, 2.45) is 7.05 Å². The molecule has 0 saturated carbocycles. The van der Waals surface area contributed by atoms with E-state index < -0.39 is 0 Å². The summed E-state index contributed by atoms with van der Waals surface area (Å²) in [4.78, 5) is 0. The van der Waals surface area contributed by atoms with Gasteiger partial charge in [-0.25, -0.2) is 0 Å². The van der Waals surface area contributed by atoms with Crippen LogP contribution >= 0.6 is 0 Å². The topological polar surface area (TPSA) is 39.1 Å². The lowest BCUT2D eigenvalue weighted by Crippen LogP contribution is -1.95. The van der Waals surface area contributed by atoms with E-state index in [9.17, 15) is 0 Å². The van der Waals surface area contributed by atoms with Crippen molar-refractivity contribution in [1.82, 2.24) is 9.78 Å². The van der Waals surface area contributed by atoms with Crippen LogP contribution in [0.15, 0.2) is 30.3 Å². The second-order valence-corrected chi connectivity index (χ2v) is 3.52. The Bertz CT molecular complexity index is 474. The maximum Gasteiger partial charge on any atom is 0.148 e. The number of aryl methyl sites for hydroxylation is 1. The molecule has 0 unspecified atom stereocenters. The van der Waals surface area contributed by atoms with Crippen LogP contribution in [-0.4, -0.2) is 23.9 Å². The zero-order valence-corrected chi connectivity index (χ0v) is 9.69. The van der Waals surface area contributed by atoms with Crippen molar-refractivity contribution in [2.45, 2.75) is 0 Å². The highest BCUT2D eigenvalue weighted by Gasteiger charge is 2.06. The first-order valence-corrected chi connectivity index (χ1v) is 5.11. The summed E-state index contributed by atoms with van der Waals surface area (Å²) in [5.74, 6) is 1.73. The monoisotopic (exact) mass is 217 g/mol. The van der Waals surface area contributed by atoms with Crippen molar-refractivity contribution in [3.05, 3.63) is 30.3 Å². The SMILES string of the molecule is CNc1cc(-c2ccc(OC)cc2)n(C)n1. The summed E-state index contributed by atoms with van der Waals surface area (Å²) in [6.07, 6.45) is 0. The summed E-state index contributed by atoms with van der Waals surface area (Å²) in [6, 6.07) is 9.95. The van der Waals surface area contributed by atoms with Gasteiger partial charge in [-0.15, -0.1) is 0 Å². The maximum atomic E-state index is 5.13. The van der Waals surface area contributed by atoms with E-state index in [1.807, 2.05) is 49.1 Å². The van der Waals surface area contributed by atoms with Crippen LogP contribution in [0.5, 0.6) is 5.75 Å². The molecule has 2 aromatic rings. The van der Waals surface area contributed by atoms with Gasteiger partial charge in [0.2, 0.25) is 0 Å². The van der Waals surface area contributed by atoms with Crippen molar-refractivity contribution >= 4 is 5.82 Å². The number of benzene rings is 1. The summed E-state index contributed by atoms with van der Waals surface area (Å²) in [7, 11) is 5.46. The molecule has 4 nitrogen and oxygen atoms in total. The van der Waals surface area contributed by atoms with Gasteiger partial charge >= 0.3 is 0 Å². The molecule has 2 rings (SSSR count). The van der Waals surface area contributed by atoms with Gasteiger partial charge in [0.25, 0.3) is 0 Å². The van der Waals surface area contributed by atoms with Crippen molar-refractivity contribution in [1.29, 1.82) is 0 Å². The molecule has 0 atom stereocenters. The summed E-state index contributed by atoms with van der Waals surface area (Å²) in [6.45, 7) is 0. The molecule has 1 heterocycles. The fraction of sp³-hybridized carbons (Fsp3) is 0.250. The van der Waals surface area contributed by atoms with Gasteiger partial charge in [0.05, 0.1) is 12.8 Å². The lowest BCUT2D eigenvalue weighted by atomic mass is 10.1. The summed E-state index contributed by atoms with van der Waals surface area (Å²) in [5, 5.41) is 7.35. The molecule has 0 bridgehead atoms. The smallest absolute Gasteiger partial charge is 0.148 e. The van der Waals surface area contributed by atoms with Gasteiger partial charge in [-0.3, -0.25) is 4.68 Å². The van der Waals surface area contributed by atoms with Crippen LogP contribution in [0.4, 0.5) is 5.82 Å². The fourth-order valence-electron chi connectivity index (χ4n) is 1.62. The molecule has 84 valence electrons. The van der Waals surface area contributed by atoms with Crippen LogP contribution in [-0.2, 0) is 7.05 Å². The molecule has 0 aliphatic rings. The van der Waals surface area contributed by atoms with Crippen LogP contribution in [0.2, 0.25) is 0 Å². The average Bonchev–Trinajstić information content (AvgIpc) is 2.71. The first-order chi connectivity index (χ1) is 7.74. The molecular weight excluding hydrogens is 202 g/mol. The van der Waals surface area contributed by atoms with Gasteiger partial charge in [0.15, 0.2) is 0 Å². The molecule has 0 aliphatic carbocycles. The van der Waals surface area contributed by atoms with E-state index in [1.54, 1.807) is 7.11 Å². The van der Waals surface area contributed by atoms with Crippen LogP contribution in [0.25, 0.3) is 11.3 Å². The molecule has 1 N–H and O–H groups in total. The van der Waals surface area contributed by atoms with Crippen molar-refractivity contribution in [3.8, 4) is 17.0 Å². The predicted molar refractivity (Wildman–Crippen MR) is 64.7 cm³/mol. The predicted octanol–water partition coefficient (Wildman–Crippen LogP) is 2.14. The van der Waals surface area contributed by atoms with Gasteiger partial charge < -0.3 is 10.1 Å². The number of ether oxygens (including phenoxy) is 1. The molecular formula is C12H15N3O. The molecule has 16 heavy (non-hydrogen) atoms. The van der Waals surface area contributed by atoms with E-state index in [4.69, 9.17) is 4.74 Å². The van der Waals surface area contributed by atoms with Crippen molar-refractivity contribution in [2.75, 3.05) is 19.5 Å². The van der Waals surface area contributed by atoms with Gasteiger partial charge in [-0.1, -0.05) is 0 Å². The number of hydrogen-bond acceptors (Lipinski definition) is 3. The Morgan fingerprint density at radius 1 is 1.25 bits per heavy atom. The second kappa shape index (κ2) is 4.26. The molecule has 0 amide bonds. The van der Waals surface area contributed by atoms with E-state index in [-0.39, 0.29) is 0 Å². The molecule has 1 aromatic carbocycles. The summed E-state index contributed by atoms with van der Waals surface area (Å²) in [5.41, 5.74) is 2.20. The highest BCUT2D eigenvalue weighted by Crippen LogP contribution is 2.23. The minimum atomic E-state index is 0.861. The zero-order valence-electron chi connectivity index (χ0n) is 9.69. The quantitative estimate of drug-likeness (QED) is 0.856. The standard InChI is InChI=1S/C12H15N3O/c1-13-12-8-11(15(2)14-12)9-4-6-10(16-3)7-5-9/h4-8H,1-3H3,(H,13,14). The number of rotatable bonds is 3. The van der Waals surface area contributed by atoms with Crippen LogP contribution in [0, 0.1) is 0 Å². The lowest BCUT2D eigenvalue weighted by molar-refractivity contribution is 0.415. The minimum Gasteiger partial charge on any atom is -0.497 e. The summed E-state index contributed by atoms with van der Waals surface area (Å²) >= 11 is 0. The number of nitrogens with zero attached hydrogens (tertiary/aromatic N) is 2. The first kappa shape index (κ1) is 10.5. The molecule has 0 fully saturated rings. The molecule has 0 spiro atoms. The van der Waals surface area contributed by atoms with E-state index in [0.717, 1.165) is 22.8 Å². The minimum absolute atomic E-state index is 0.861. The van der Waals surface area contributed by atoms with Crippen LogP contribution in [0.3, 0.4) is 0 Å². The Morgan fingerprint density at radius 2 is 1.94 bits per heavy atom. The Labute approximate surface area is 94.9 Å². The third-order valence-corrected chi connectivity index (χ3v) is 2.52. The van der Waals surface area contributed by atoms with E-state index in [1.165, 1.54) is 0 Å². The number of hydrogen-bond donors (Lipinski definition) is 1. The Hall–Kier alpha value is -1.97. The summed E-state index contributed by atoms with van der Waals surface area (Å²) < 4.78 is 6.98. The lowest BCUT2D eigenvalue weighted by Gasteiger charge is -2.03. The molecule has 1 aromatic heterocycles. The normalized spacial score (nSPS) is 10.2. The van der Waals surface area contributed by atoms with Gasteiger partial charge in [-0.2, -0.15) is 5.10 Å². The molecule has 0 radical (unpaired) electrons. The van der Waals surface area contributed by atoms with Crippen molar-refractivity contribution < 1.29 is 4.74 Å². The number of anilines is 1. The van der Waals surface area contributed by atoms with Gasteiger partial charge in [0.1, 0.15) is 11.6 Å². The highest BCUT2D eigenvalue weighted by molar-refractivity contribution is 5.64.